The van der Waals surface area contributed by atoms with E-state index in [2.05, 4.69) is 35.9 Å². The Labute approximate surface area is 106 Å². The van der Waals surface area contributed by atoms with Crippen molar-refractivity contribution in [3.05, 3.63) is 40.2 Å². The quantitative estimate of drug-likeness (QED) is 0.841. The van der Waals surface area contributed by atoms with Gasteiger partial charge < -0.3 is 5.73 Å². The van der Waals surface area contributed by atoms with Crippen molar-refractivity contribution in [3.8, 4) is 11.3 Å². The Bertz CT molecular complexity index is 579. The Balaban J connectivity index is 2.69. The molecule has 0 atom stereocenters. The lowest BCUT2D eigenvalue weighted by Gasteiger charge is -2.11. The van der Waals surface area contributed by atoms with Crippen molar-refractivity contribution >= 4 is 17.4 Å². The molecule has 1 aromatic heterocycles. The Morgan fingerprint density at radius 1 is 1.00 bits per heavy atom. The number of hydrogen-bond donors (Lipinski definition) is 1. The predicted molar refractivity (Wildman–Crippen MR) is 71.1 cm³/mol. The van der Waals surface area contributed by atoms with Crippen LogP contribution in [0.15, 0.2) is 18.5 Å². The molecule has 0 aliphatic rings. The molecule has 0 spiro atoms. The van der Waals surface area contributed by atoms with E-state index in [-0.39, 0.29) is 0 Å². The molecule has 2 rings (SSSR count). The topological polar surface area (TPSA) is 51.8 Å². The first kappa shape index (κ1) is 11.9. The molecule has 0 bridgehead atoms. The van der Waals surface area contributed by atoms with Gasteiger partial charge in [-0.1, -0.05) is 17.7 Å². The third kappa shape index (κ3) is 2.11. The zero-order valence-corrected chi connectivity index (χ0v) is 10.8. The Morgan fingerprint density at radius 3 is 2.35 bits per heavy atom. The van der Waals surface area contributed by atoms with Gasteiger partial charge in [0.25, 0.3) is 0 Å². The lowest BCUT2D eigenvalue weighted by atomic mass is 9.98. The van der Waals surface area contributed by atoms with Crippen LogP contribution in [-0.4, -0.2) is 9.97 Å². The van der Waals surface area contributed by atoms with Crippen molar-refractivity contribution < 1.29 is 0 Å². The summed E-state index contributed by atoms with van der Waals surface area (Å²) in [4.78, 5) is 8.09. The van der Waals surface area contributed by atoms with Gasteiger partial charge in [0.15, 0.2) is 0 Å². The summed E-state index contributed by atoms with van der Waals surface area (Å²) in [6, 6.07) is 4.21. The van der Waals surface area contributed by atoms with E-state index in [1.165, 1.54) is 17.5 Å². The van der Waals surface area contributed by atoms with Crippen LogP contribution in [0, 0.1) is 20.8 Å². The molecule has 4 heteroatoms. The highest BCUT2D eigenvalue weighted by atomic mass is 35.5. The van der Waals surface area contributed by atoms with Crippen LogP contribution in [0.4, 0.5) is 5.82 Å². The fourth-order valence-electron chi connectivity index (χ4n) is 1.79. The van der Waals surface area contributed by atoms with Gasteiger partial charge in [0.2, 0.25) is 0 Å². The normalized spacial score (nSPS) is 10.6. The maximum absolute atomic E-state index is 6.14. The molecular weight excluding hydrogens is 234 g/mol. The van der Waals surface area contributed by atoms with Crippen molar-refractivity contribution in [3.63, 3.8) is 0 Å². The summed E-state index contributed by atoms with van der Waals surface area (Å²) in [5.74, 6) is 0.314. The number of benzene rings is 1. The SMILES string of the molecule is Cc1cc(C)c(-c2ncnc(N)c2Cl)cc1C. The molecule has 0 saturated heterocycles. The second-order valence-electron chi connectivity index (χ2n) is 4.17. The average molecular weight is 248 g/mol. The fourth-order valence-corrected chi connectivity index (χ4v) is 1.99. The second-order valence-corrected chi connectivity index (χ2v) is 4.55. The first-order chi connectivity index (χ1) is 8.00. The van der Waals surface area contributed by atoms with E-state index in [0.717, 1.165) is 11.1 Å². The van der Waals surface area contributed by atoms with Crippen molar-refractivity contribution in [1.29, 1.82) is 0 Å². The van der Waals surface area contributed by atoms with E-state index in [0.29, 0.717) is 16.5 Å². The highest BCUT2D eigenvalue weighted by molar-refractivity contribution is 6.35. The maximum atomic E-state index is 6.14. The number of nitrogens with zero attached hydrogens (tertiary/aromatic N) is 2. The molecule has 1 aromatic carbocycles. The maximum Gasteiger partial charge on any atom is 0.146 e. The largest absolute Gasteiger partial charge is 0.382 e. The summed E-state index contributed by atoms with van der Waals surface area (Å²) in [6.07, 6.45) is 1.44. The van der Waals surface area contributed by atoms with Crippen LogP contribution in [0.1, 0.15) is 16.7 Å². The van der Waals surface area contributed by atoms with E-state index in [1.54, 1.807) is 0 Å². The number of halogens is 1. The van der Waals surface area contributed by atoms with Crippen LogP contribution in [0.3, 0.4) is 0 Å². The summed E-state index contributed by atoms with van der Waals surface area (Å²) >= 11 is 6.14. The molecule has 0 saturated carbocycles. The second kappa shape index (κ2) is 4.34. The van der Waals surface area contributed by atoms with Gasteiger partial charge in [-0.25, -0.2) is 9.97 Å². The highest BCUT2D eigenvalue weighted by Gasteiger charge is 2.12. The lowest BCUT2D eigenvalue weighted by Crippen LogP contribution is -1.97. The van der Waals surface area contributed by atoms with Gasteiger partial charge in [-0.15, -0.1) is 0 Å². The number of rotatable bonds is 1. The summed E-state index contributed by atoms with van der Waals surface area (Å²) in [5, 5.41) is 0.416. The zero-order valence-electron chi connectivity index (χ0n) is 10.1. The Kier molecular flexibility index (Phi) is 3.03. The minimum Gasteiger partial charge on any atom is -0.382 e. The van der Waals surface area contributed by atoms with Gasteiger partial charge in [0.05, 0.1) is 5.69 Å². The Hall–Kier alpha value is -1.61. The van der Waals surface area contributed by atoms with E-state index < -0.39 is 0 Å². The minimum absolute atomic E-state index is 0.314. The summed E-state index contributed by atoms with van der Waals surface area (Å²) in [6.45, 7) is 6.19. The molecule has 3 nitrogen and oxygen atoms in total. The van der Waals surface area contributed by atoms with Crippen molar-refractivity contribution in [1.82, 2.24) is 9.97 Å². The predicted octanol–water partition coefficient (Wildman–Crippen LogP) is 3.30. The third-order valence-electron chi connectivity index (χ3n) is 2.91. The van der Waals surface area contributed by atoms with E-state index in [9.17, 15) is 0 Å². The highest BCUT2D eigenvalue weighted by Crippen LogP contribution is 2.32. The number of hydrogen-bond acceptors (Lipinski definition) is 3. The van der Waals surface area contributed by atoms with Crippen LogP contribution < -0.4 is 5.73 Å². The van der Waals surface area contributed by atoms with Crippen LogP contribution in [-0.2, 0) is 0 Å². The molecule has 0 fully saturated rings. The molecule has 1 heterocycles. The molecular formula is C13H14ClN3. The minimum atomic E-state index is 0.314. The van der Waals surface area contributed by atoms with Gasteiger partial charge in [0, 0.05) is 5.56 Å². The molecule has 0 amide bonds. The molecule has 2 N–H and O–H groups in total. The van der Waals surface area contributed by atoms with E-state index in [4.69, 9.17) is 17.3 Å². The third-order valence-corrected chi connectivity index (χ3v) is 3.28. The summed E-state index contributed by atoms with van der Waals surface area (Å²) in [7, 11) is 0. The molecule has 17 heavy (non-hydrogen) atoms. The van der Waals surface area contributed by atoms with Crippen LogP contribution in [0.5, 0.6) is 0 Å². The summed E-state index contributed by atoms with van der Waals surface area (Å²) < 4.78 is 0. The lowest BCUT2D eigenvalue weighted by molar-refractivity contribution is 1.17. The van der Waals surface area contributed by atoms with Gasteiger partial charge >= 0.3 is 0 Å². The number of aromatic nitrogens is 2. The number of anilines is 1. The van der Waals surface area contributed by atoms with Gasteiger partial charge in [-0.3, -0.25) is 0 Å². The van der Waals surface area contributed by atoms with Gasteiger partial charge in [-0.2, -0.15) is 0 Å². The van der Waals surface area contributed by atoms with Gasteiger partial charge in [0.1, 0.15) is 17.2 Å². The smallest absolute Gasteiger partial charge is 0.146 e. The molecule has 2 aromatic rings. The molecule has 88 valence electrons. The first-order valence-electron chi connectivity index (χ1n) is 5.35. The van der Waals surface area contributed by atoms with Crippen molar-refractivity contribution in [2.75, 3.05) is 5.73 Å². The van der Waals surface area contributed by atoms with Gasteiger partial charge in [-0.05, 0) is 43.5 Å². The van der Waals surface area contributed by atoms with Crippen molar-refractivity contribution in [2.24, 2.45) is 0 Å². The standard InChI is InChI=1S/C13H14ClN3/c1-7-4-9(3)10(5-8(7)2)12-11(14)13(15)17-6-16-12/h4-6H,1-3H3,(H2,15,16,17). The Morgan fingerprint density at radius 2 is 1.65 bits per heavy atom. The monoisotopic (exact) mass is 247 g/mol. The zero-order chi connectivity index (χ0) is 12.6. The van der Waals surface area contributed by atoms with Crippen LogP contribution in [0.2, 0.25) is 5.02 Å². The fraction of sp³-hybridized carbons (Fsp3) is 0.231. The van der Waals surface area contributed by atoms with Crippen LogP contribution in [0.25, 0.3) is 11.3 Å². The molecule has 0 aliphatic heterocycles. The number of aryl methyl sites for hydroxylation is 3. The average Bonchev–Trinajstić information content (AvgIpc) is 2.28. The van der Waals surface area contributed by atoms with Crippen molar-refractivity contribution in [2.45, 2.75) is 20.8 Å². The van der Waals surface area contributed by atoms with Crippen LogP contribution >= 0.6 is 11.6 Å². The number of nitrogen functional groups attached to an aromatic ring is 1. The van der Waals surface area contributed by atoms with E-state index >= 15 is 0 Å². The molecule has 0 radical (unpaired) electrons. The first-order valence-corrected chi connectivity index (χ1v) is 5.72. The number of nitrogens with two attached hydrogens (primary N) is 1. The molecule has 0 unspecified atom stereocenters. The van der Waals surface area contributed by atoms with E-state index in [1.807, 2.05) is 6.92 Å². The molecule has 0 aliphatic carbocycles. The summed E-state index contributed by atoms with van der Waals surface area (Å²) in [5.41, 5.74) is 11.0.